The lowest BCUT2D eigenvalue weighted by atomic mass is 10.2. The van der Waals surface area contributed by atoms with Crippen LogP contribution in [-0.2, 0) is 14.3 Å². The highest BCUT2D eigenvalue weighted by molar-refractivity contribution is 8.00. The van der Waals surface area contributed by atoms with Crippen LogP contribution in [0.2, 0.25) is 5.02 Å². The monoisotopic (exact) mass is 327 g/mol. The molecule has 2 rings (SSSR count). The maximum Gasteiger partial charge on any atom is 0.325 e. The molecular formula is C15H18ClNO3S. The molecule has 114 valence electrons. The molecule has 1 atom stereocenters. The molecule has 1 aromatic rings. The summed E-state index contributed by atoms with van der Waals surface area (Å²) in [7, 11) is 0. The molecule has 0 bridgehead atoms. The van der Waals surface area contributed by atoms with Crippen molar-refractivity contribution in [1.82, 2.24) is 4.90 Å². The fourth-order valence-electron chi connectivity index (χ4n) is 2.07. The van der Waals surface area contributed by atoms with Gasteiger partial charge in [0.15, 0.2) is 0 Å². The van der Waals surface area contributed by atoms with E-state index < -0.39 is 0 Å². The molecule has 1 saturated heterocycles. The predicted molar refractivity (Wildman–Crippen MR) is 84.2 cm³/mol. The van der Waals surface area contributed by atoms with E-state index in [0.717, 1.165) is 18.4 Å². The topological polar surface area (TPSA) is 46.6 Å². The van der Waals surface area contributed by atoms with Crippen LogP contribution in [-0.4, -0.2) is 35.7 Å². The maximum absolute atomic E-state index is 12.0. The molecule has 1 fully saturated rings. The van der Waals surface area contributed by atoms with Crippen molar-refractivity contribution >= 4 is 35.2 Å². The Bertz CT molecular complexity index is 523. The Morgan fingerprint density at radius 2 is 2.24 bits per heavy atom. The van der Waals surface area contributed by atoms with Crippen LogP contribution in [0.5, 0.6) is 0 Å². The lowest BCUT2D eigenvalue weighted by Crippen LogP contribution is -2.34. The van der Waals surface area contributed by atoms with Gasteiger partial charge in [-0.1, -0.05) is 43.1 Å². The van der Waals surface area contributed by atoms with Crippen LogP contribution >= 0.6 is 23.4 Å². The first-order valence-corrected chi connectivity index (χ1v) is 8.37. The zero-order valence-corrected chi connectivity index (χ0v) is 13.5. The summed E-state index contributed by atoms with van der Waals surface area (Å²) in [5.74, 6) is -0.0632. The number of esters is 1. The number of carbonyl (C=O) groups is 2. The van der Waals surface area contributed by atoms with Crippen molar-refractivity contribution in [2.45, 2.75) is 25.1 Å². The molecule has 1 aliphatic rings. The van der Waals surface area contributed by atoms with Gasteiger partial charge in [0.05, 0.1) is 12.4 Å². The van der Waals surface area contributed by atoms with Crippen molar-refractivity contribution < 1.29 is 14.3 Å². The average Bonchev–Trinajstić information content (AvgIpc) is 2.81. The number of unbranched alkanes of at least 4 members (excludes halogenated alkanes) is 1. The van der Waals surface area contributed by atoms with Gasteiger partial charge in [0.2, 0.25) is 5.91 Å². The van der Waals surface area contributed by atoms with Gasteiger partial charge in [-0.15, -0.1) is 11.8 Å². The van der Waals surface area contributed by atoms with E-state index in [4.69, 9.17) is 16.3 Å². The molecule has 4 nitrogen and oxygen atoms in total. The Balaban J connectivity index is 2.04. The summed E-state index contributed by atoms with van der Waals surface area (Å²) in [5, 5.41) is 0.388. The molecule has 0 aliphatic carbocycles. The summed E-state index contributed by atoms with van der Waals surface area (Å²) < 4.78 is 5.13. The third kappa shape index (κ3) is 4.14. The molecule has 1 heterocycles. The lowest BCUT2D eigenvalue weighted by Gasteiger charge is -2.24. The summed E-state index contributed by atoms with van der Waals surface area (Å²) in [5.41, 5.74) is 0.858. The van der Waals surface area contributed by atoms with Gasteiger partial charge in [-0.05, 0) is 12.5 Å². The SMILES string of the molecule is CCCCOC(=O)CN1C(=O)CSC1c1ccccc1Cl. The minimum absolute atomic E-state index is 0.0224. The number of thioether (sulfide) groups is 1. The Morgan fingerprint density at radius 1 is 1.48 bits per heavy atom. The van der Waals surface area contributed by atoms with Crippen LogP contribution in [0.15, 0.2) is 24.3 Å². The minimum atomic E-state index is -0.364. The number of hydrogen-bond donors (Lipinski definition) is 0. The maximum atomic E-state index is 12.0. The largest absolute Gasteiger partial charge is 0.464 e. The zero-order chi connectivity index (χ0) is 15.2. The van der Waals surface area contributed by atoms with E-state index in [1.54, 1.807) is 11.0 Å². The molecule has 0 radical (unpaired) electrons. The van der Waals surface area contributed by atoms with Gasteiger partial charge in [-0.3, -0.25) is 9.59 Å². The summed E-state index contributed by atoms with van der Waals surface area (Å²) in [6.07, 6.45) is 1.80. The van der Waals surface area contributed by atoms with Gasteiger partial charge in [0.1, 0.15) is 11.9 Å². The fourth-order valence-corrected chi connectivity index (χ4v) is 3.60. The Hall–Kier alpha value is -1.20. The minimum Gasteiger partial charge on any atom is -0.464 e. The number of ether oxygens (including phenoxy) is 1. The Kier molecular flexibility index (Phi) is 5.94. The number of carbonyl (C=O) groups excluding carboxylic acids is 2. The van der Waals surface area contributed by atoms with Crippen molar-refractivity contribution in [3.8, 4) is 0 Å². The van der Waals surface area contributed by atoms with E-state index in [1.807, 2.05) is 25.1 Å². The summed E-state index contributed by atoms with van der Waals surface area (Å²) in [6.45, 7) is 2.41. The lowest BCUT2D eigenvalue weighted by molar-refractivity contribution is -0.148. The number of amides is 1. The third-order valence-corrected chi connectivity index (χ3v) is 4.78. The number of benzene rings is 1. The van der Waals surface area contributed by atoms with Gasteiger partial charge < -0.3 is 9.64 Å². The Morgan fingerprint density at radius 3 is 2.95 bits per heavy atom. The molecule has 1 aliphatic heterocycles. The van der Waals surface area contributed by atoms with E-state index in [9.17, 15) is 9.59 Å². The predicted octanol–water partition coefficient (Wildman–Crippen LogP) is 3.26. The van der Waals surface area contributed by atoms with E-state index in [-0.39, 0.29) is 23.8 Å². The average molecular weight is 328 g/mol. The smallest absolute Gasteiger partial charge is 0.325 e. The van der Waals surface area contributed by atoms with E-state index in [1.165, 1.54) is 11.8 Å². The summed E-state index contributed by atoms with van der Waals surface area (Å²) in [6, 6.07) is 7.39. The molecule has 6 heteroatoms. The fraction of sp³-hybridized carbons (Fsp3) is 0.467. The number of nitrogens with zero attached hydrogens (tertiary/aromatic N) is 1. The van der Waals surface area contributed by atoms with Crippen LogP contribution in [0.25, 0.3) is 0 Å². The highest BCUT2D eigenvalue weighted by Crippen LogP contribution is 2.41. The van der Waals surface area contributed by atoms with Crippen LogP contribution in [0.4, 0.5) is 0 Å². The molecule has 0 aromatic heterocycles. The van der Waals surface area contributed by atoms with Crippen LogP contribution < -0.4 is 0 Å². The highest BCUT2D eigenvalue weighted by Gasteiger charge is 2.35. The number of halogens is 1. The second-order valence-electron chi connectivity index (χ2n) is 4.78. The van der Waals surface area contributed by atoms with Gasteiger partial charge in [-0.25, -0.2) is 0 Å². The Labute approximate surface area is 133 Å². The standard InChI is InChI=1S/C15H18ClNO3S/c1-2-3-8-20-14(19)9-17-13(18)10-21-15(17)11-6-4-5-7-12(11)16/h4-7,15H,2-3,8-10H2,1H3. The first kappa shape index (κ1) is 16.2. The van der Waals surface area contributed by atoms with Gasteiger partial charge in [0.25, 0.3) is 0 Å². The van der Waals surface area contributed by atoms with Crippen LogP contribution in [0, 0.1) is 0 Å². The highest BCUT2D eigenvalue weighted by atomic mass is 35.5. The molecular weight excluding hydrogens is 310 g/mol. The van der Waals surface area contributed by atoms with Crippen LogP contribution in [0.1, 0.15) is 30.7 Å². The third-order valence-electron chi connectivity index (χ3n) is 3.20. The number of hydrogen-bond acceptors (Lipinski definition) is 4. The molecule has 1 unspecified atom stereocenters. The summed E-state index contributed by atoms with van der Waals surface area (Å²) >= 11 is 7.67. The van der Waals surface area contributed by atoms with Crippen molar-refractivity contribution in [1.29, 1.82) is 0 Å². The summed E-state index contributed by atoms with van der Waals surface area (Å²) in [4.78, 5) is 25.4. The van der Waals surface area contributed by atoms with Gasteiger partial charge in [-0.2, -0.15) is 0 Å². The molecule has 0 saturated carbocycles. The molecule has 21 heavy (non-hydrogen) atoms. The second-order valence-corrected chi connectivity index (χ2v) is 6.26. The quantitative estimate of drug-likeness (QED) is 0.594. The number of rotatable bonds is 6. The van der Waals surface area contributed by atoms with Crippen molar-refractivity contribution in [3.63, 3.8) is 0 Å². The molecule has 0 spiro atoms. The van der Waals surface area contributed by atoms with Crippen LogP contribution in [0.3, 0.4) is 0 Å². The molecule has 1 amide bonds. The van der Waals surface area contributed by atoms with E-state index in [2.05, 4.69) is 0 Å². The van der Waals surface area contributed by atoms with Gasteiger partial charge >= 0.3 is 5.97 Å². The van der Waals surface area contributed by atoms with E-state index >= 15 is 0 Å². The van der Waals surface area contributed by atoms with Crippen molar-refractivity contribution in [3.05, 3.63) is 34.9 Å². The van der Waals surface area contributed by atoms with Gasteiger partial charge in [0, 0.05) is 10.6 Å². The normalized spacial score (nSPS) is 18.1. The molecule has 1 aromatic carbocycles. The first-order valence-electron chi connectivity index (χ1n) is 6.94. The van der Waals surface area contributed by atoms with Crippen molar-refractivity contribution in [2.75, 3.05) is 18.9 Å². The first-order chi connectivity index (χ1) is 10.1. The zero-order valence-electron chi connectivity index (χ0n) is 11.9. The molecule has 0 N–H and O–H groups in total. The van der Waals surface area contributed by atoms with Crippen molar-refractivity contribution in [2.24, 2.45) is 0 Å². The second kappa shape index (κ2) is 7.71. The van der Waals surface area contributed by atoms with E-state index in [0.29, 0.717) is 17.4 Å².